The molecular weight excluding hydrogens is 364 g/mol. The van der Waals surface area contributed by atoms with Crippen LogP contribution in [0.15, 0.2) is 29.4 Å². The van der Waals surface area contributed by atoms with Gasteiger partial charge in [0.05, 0.1) is 4.90 Å². The quantitative estimate of drug-likeness (QED) is 0.786. The van der Waals surface area contributed by atoms with Crippen LogP contribution >= 0.6 is 0 Å². The van der Waals surface area contributed by atoms with Crippen LogP contribution in [0.25, 0.3) is 0 Å². The summed E-state index contributed by atoms with van der Waals surface area (Å²) in [5.74, 6) is 1.54. The molecule has 1 N–H and O–H groups in total. The summed E-state index contributed by atoms with van der Waals surface area (Å²) in [4.78, 5) is 16.4. The molecule has 2 aromatic rings. The van der Waals surface area contributed by atoms with Crippen LogP contribution in [0.3, 0.4) is 0 Å². The molecule has 4 rings (SSSR count). The lowest BCUT2D eigenvalue weighted by Crippen LogP contribution is -2.18. The molecule has 7 nitrogen and oxygen atoms in total. The zero-order valence-corrected chi connectivity index (χ0v) is 16.2. The lowest BCUT2D eigenvalue weighted by Gasteiger charge is -2.24. The Morgan fingerprint density at radius 2 is 2.04 bits per heavy atom. The van der Waals surface area contributed by atoms with Crippen molar-refractivity contribution in [1.29, 1.82) is 0 Å². The van der Waals surface area contributed by atoms with E-state index in [4.69, 9.17) is 0 Å². The van der Waals surface area contributed by atoms with Crippen molar-refractivity contribution >= 4 is 21.6 Å². The first-order valence-electron chi connectivity index (χ1n) is 9.51. The summed E-state index contributed by atoms with van der Waals surface area (Å²) >= 11 is 0. The van der Waals surface area contributed by atoms with Gasteiger partial charge in [-0.1, -0.05) is 19.3 Å². The van der Waals surface area contributed by atoms with Crippen molar-refractivity contribution in [2.45, 2.75) is 62.7 Å². The van der Waals surface area contributed by atoms with E-state index < -0.39 is 10.0 Å². The predicted molar refractivity (Wildman–Crippen MR) is 101 cm³/mol. The molecule has 1 amide bonds. The maximum absolute atomic E-state index is 12.8. The second-order valence-electron chi connectivity index (χ2n) is 7.62. The Hall–Kier alpha value is -2.22. The van der Waals surface area contributed by atoms with E-state index in [0.717, 1.165) is 23.3 Å². The Bertz CT molecular complexity index is 959. The molecule has 8 heteroatoms. The van der Waals surface area contributed by atoms with Gasteiger partial charge in [0.1, 0.15) is 6.33 Å². The van der Waals surface area contributed by atoms with Gasteiger partial charge in [0.15, 0.2) is 5.82 Å². The summed E-state index contributed by atoms with van der Waals surface area (Å²) in [7, 11) is -3.79. The van der Waals surface area contributed by atoms with Crippen molar-refractivity contribution in [3.8, 4) is 0 Å². The number of aryl methyl sites for hydroxylation is 1. The Morgan fingerprint density at radius 3 is 2.67 bits per heavy atom. The largest absolute Gasteiger partial charge is 0.326 e. The van der Waals surface area contributed by atoms with Crippen LogP contribution in [0.4, 0.5) is 5.69 Å². The predicted octanol–water partition coefficient (Wildman–Crippen LogP) is 3.22. The van der Waals surface area contributed by atoms with Crippen LogP contribution in [-0.2, 0) is 14.8 Å². The first-order valence-corrected chi connectivity index (χ1v) is 10.9. The Morgan fingerprint density at radius 1 is 1.26 bits per heavy atom. The minimum absolute atomic E-state index is 0.0257. The molecule has 2 aliphatic carbocycles. The molecule has 1 aromatic heterocycles. The Kier molecular flexibility index (Phi) is 4.75. The third-order valence-corrected chi connectivity index (χ3v) is 7.10. The smallest absolute Gasteiger partial charge is 0.284 e. The van der Waals surface area contributed by atoms with Crippen LogP contribution in [0, 0.1) is 12.8 Å². The van der Waals surface area contributed by atoms with Crippen molar-refractivity contribution in [3.63, 3.8) is 0 Å². The van der Waals surface area contributed by atoms with E-state index in [0.29, 0.717) is 35.3 Å². The average Bonchev–Trinajstić information content (AvgIpc) is 3.29. The highest BCUT2D eigenvalue weighted by Gasteiger charge is 2.30. The molecule has 2 saturated carbocycles. The fourth-order valence-electron chi connectivity index (χ4n) is 3.36. The third kappa shape index (κ3) is 3.90. The molecule has 27 heavy (non-hydrogen) atoms. The number of amides is 1. The van der Waals surface area contributed by atoms with Crippen LogP contribution < -0.4 is 5.32 Å². The van der Waals surface area contributed by atoms with Gasteiger partial charge in [0.25, 0.3) is 10.0 Å². The molecule has 0 radical (unpaired) electrons. The molecule has 2 fully saturated rings. The number of nitrogens with zero attached hydrogens (tertiary/aromatic N) is 3. The van der Waals surface area contributed by atoms with Gasteiger partial charge in [-0.05, 0) is 55.9 Å². The van der Waals surface area contributed by atoms with E-state index in [-0.39, 0.29) is 10.8 Å². The standard InChI is InChI=1S/C19H24N4O3S/c1-13-11-16(21-18(24)10-5-14-3-2-4-14)8-9-17(13)27(25,26)23-12-20-19(22-23)15-6-7-15/h8-9,11-12,14-15H,2-7,10H2,1H3,(H,21,24). The maximum atomic E-state index is 12.8. The molecule has 0 aliphatic heterocycles. The molecule has 0 atom stereocenters. The Balaban J connectivity index is 1.45. The van der Waals surface area contributed by atoms with E-state index in [1.165, 1.54) is 31.7 Å². The summed E-state index contributed by atoms with van der Waals surface area (Å²) in [5.41, 5.74) is 1.18. The number of anilines is 1. The molecule has 144 valence electrons. The number of carbonyl (C=O) groups excluding carboxylic acids is 1. The molecule has 0 spiro atoms. The summed E-state index contributed by atoms with van der Waals surface area (Å²) in [6, 6.07) is 4.83. The number of aromatic nitrogens is 3. The summed E-state index contributed by atoms with van der Waals surface area (Å²) < 4.78 is 26.6. The van der Waals surface area contributed by atoms with Crippen molar-refractivity contribution in [3.05, 3.63) is 35.9 Å². The van der Waals surface area contributed by atoms with Gasteiger partial charge in [0.2, 0.25) is 5.91 Å². The highest BCUT2D eigenvalue weighted by Crippen LogP contribution is 2.38. The van der Waals surface area contributed by atoms with Gasteiger partial charge >= 0.3 is 0 Å². The lowest BCUT2D eigenvalue weighted by atomic mass is 9.82. The number of nitrogens with one attached hydrogen (secondary N) is 1. The van der Waals surface area contributed by atoms with Gasteiger partial charge in [-0.15, -0.1) is 9.19 Å². The maximum Gasteiger partial charge on any atom is 0.284 e. The van der Waals surface area contributed by atoms with Crippen molar-refractivity contribution in [1.82, 2.24) is 14.2 Å². The minimum Gasteiger partial charge on any atom is -0.326 e. The first-order chi connectivity index (χ1) is 12.9. The minimum atomic E-state index is -3.79. The van der Waals surface area contributed by atoms with Crippen LogP contribution in [0.5, 0.6) is 0 Å². The summed E-state index contributed by atoms with van der Waals surface area (Å²) in [6.07, 6.45) is 8.44. The van der Waals surface area contributed by atoms with Gasteiger partial charge in [-0.25, -0.2) is 4.98 Å². The van der Waals surface area contributed by atoms with E-state index >= 15 is 0 Å². The zero-order valence-electron chi connectivity index (χ0n) is 15.4. The van der Waals surface area contributed by atoms with Gasteiger partial charge in [-0.2, -0.15) is 8.42 Å². The highest BCUT2D eigenvalue weighted by atomic mass is 32.2. The van der Waals surface area contributed by atoms with E-state index in [1.807, 2.05) is 0 Å². The van der Waals surface area contributed by atoms with Crippen LogP contribution in [0.2, 0.25) is 0 Å². The van der Waals surface area contributed by atoms with E-state index in [1.54, 1.807) is 19.1 Å². The van der Waals surface area contributed by atoms with E-state index in [2.05, 4.69) is 15.4 Å². The highest BCUT2D eigenvalue weighted by molar-refractivity contribution is 7.89. The first kappa shape index (κ1) is 18.2. The zero-order chi connectivity index (χ0) is 19.0. The van der Waals surface area contributed by atoms with Crippen LogP contribution in [-0.4, -0.2) is 28.5 Å². The lowest BCUT2D eigenvalue weighted by molar-refractivity contribution is -0.116. The van der Waals surface area contributed by atoms with Crippen molar-refractivity contribution < 1.29 is 13.2 Å². The number of benzene rings is 1. The van der Waals surface area contributed by atoms with Crippen LogP contribution in [0.1, 0.15) is 62.3 Å². The second-order valence-corrected chi connectivity index (χ2v) is 9.38. The molecule has 1 aromatic carbocycles. The molecule has 0 saturated heterocycles. The van der Waals surface area contributed by atoms with Crippen molar-refractivity contribution in [2.24, 2.45) is 5.92 Å². The molecule has 0 unspecified atom stereocenters. The molecule has 2 aliphatic rings. The van der Waals surface area contributed by atoms with Gasteiger partial charge in [0, 0.05) is 18.0 Å². The molecule has 1 heterocycles. The topological polar surface area (TPSA) is 94.0 Å². The summed E-state index contributed by atoms with van der Waals surface area (Å²) in [5, 5.41) is 7.00. The SMILES string of the molecule is Cc1cc(NC(=O)CCC2CCC2)ccc1S(=O)(=O)n1cnc(C2CC2)n1. The molecule has 0 bridgehead atoms. The third-order valence-electron chi connectivity index (χ3n) is 5.42. The Labute approximate surface area is 159 Å². The molecular formula is C19H24N4O3S. The van der Waals surface area contributed by atoms with Crippen molar-refractivity contribution in [2.75, 3.05) is 5.32 Å². The fourth-order valence-corrected chi connectivity index (χ4v) is 4.63. The number of rotatable bonds is 7. The number of hydrogen-bond donors (Lipinski definition) is 1. The second kappa shape index (κ2) is 7.07. The van der Waals surface area contributed by atoms with Gasteiger partial charge in [-0.3, -0.25) is 4.79 Å². The normalized spacial score (nSPS) is 17.5. The van der Waals surface area contributed by atoms with E-state index in [9.17, 15) is 13.2 Å². The fraction of sp³-hybridized carbons (Fsp3) is 0.526. The number of carbonyl (C=O) groups is 1. The average molecular weight is 388 g/mol. The number of hydrogen-bond acceptors (Lipinski definition) is 5. The summed E-state index contributed by atoms with van der Waals surface area (Å²) in [6.45, 7) is 1.72. The van der Waals surface area contributed by atoms with Gasteiger partial charge < -0.3 is 5.32 Å². The monoisotopic (exact) mass is 388 g/mol.